The number of likely N-dealkylation sites (N-methyl/N-ethyl adjacent to an activating group) is 1. The molecule has 2 atom stereocenters. The molecule has 0 aliphatic carbocycles. The molecule has 2 rings (SSSR count). The molecule has 0 aliphatic heterocycles. The van der Waals surface area contributed by atoms with Crippen LogP contribution >= 0.6 is 20.2 Å². The second-order valence-electron chi connectivity index (χ2n) is 7.34. The molecule has 2 unspecified atom stereocenters. The highest BCUT2D eigenvalue weighted by atomic mass is 32.2. The number of carbonyl (C=O) groups is 1. The second-order valence-corrected chi connectivity index (χ2v) is 9.82. The van der Waals surface area contributed by atoms with E-state index in [1.165, 1.54) is 5.56 Å². The fourth-order valence-corrected chi connectivity index (χ4v) is 5.37. The molecular weight excluding hydrogens is 433 g/mol. The monoisotopic (exact) mass is 469 g/mol. The third kappa shape index (κ3) is 7.36. The summed E-state index contributed by atoms with van der Waals surface area (Å²) in [5.74, 6) is 1.47. The van der Waals surface area contributed by atoms with Gasteiger partial charge in [0.25, 0.3) is 0 Å². The van der Waals surface area contributed by atoms with Gasteiger partial charge in [-0.1, -0.05) is 0 Å². The highest BCUT2D eigenvalue weighted by molar-refractivity contribution is 7.98. The maximum atomic E-state index is 12.6. The van der Waals surface area contributed by atoms with Crippen LogP contribution in [0.25, 0.3) is 10.9 Å². The number of methoxy groups -OCH3 is 1. The number of ether oxygens (including phenoxy) is 2. The fraction of sp³-hybridized carbons (Fsp3) is 0.591. The van der Waals surface area contributed by atoms with Gasteiger partial charge >= 0.3 is 5.97 Å². The van der Waals surface area contributed by atoms with Crippen LogP contribution in [0.4, 0.5) is 0 Å². The van der Waals surface area contributed by atoms with E-state index in [0.29, 0.717) is 19.6 Å². The van der Waals surface area contributed by atoms with Gasteiger partial charge in [-0.25, -0.2) is 5.09 Å². The van der Waals surface area contributed by atoms with Gasteiger partial charge in [-0.05, 0) is 76.6 Å². The number of esters is 1. The summed E-state index contributed by atoms with van der Waals surface area (Å²) in [5.41, 5.74) is 2.29. The van der Waals surface area contributed by atoms with Crippen LogP contribution in [0.1, 0.15) is 25.8 Å². The molecule has 0 radical (unpaired) electrons. The molecule has 31 heavy (non-hydrogen) atoms. The van der Waals surface area contributed by atoms with Crippen molar-refractivity contribution in [2.24, 2.45) is 0 Å². The number of hydrogen-bond acceptors (Lipinski definition) is 7. The summed E-state index contributed by atoms with van der Waals surface area (Å²) in [5, 5.41) is 4.61. The molecule has 0 bridgehead atoms. The van der Waals surface area contributed by atoms with E-state index in [1.54, 1.807) is 18.9 Å². The molecule has 0 saturated carbocycles. The topological polar surface area (TPSA) is 65.0 Å². The largest absolute Gasteiger partial charge is 0.497 e. The first-order valence-corrected chi connectivity index (χ1v) is 13.2. The zero-order valence-corrected chi connectivity index (χ0v) is 21.2. The molecule has 0 fully saturated rings. The van der Waals surface area contributed by atoms with E-state index >= 15 is 0 Å². The molecule has 0 aliphatic rings. The van der Waals surface area contributed by atoms with E-state index in [0.717, 1.165) is 35.4 Å². The number of hydrogen-bond donors (Lipinski definition) is 1. The summed E-state index contributed by atoms with van der Waals surface area (Å²) in [6.07, 6.45) is 5.79. The molecule has 0 amide bonds. The zero-order chi connectivity index (χ0) is 22.8. The highest BCUT2D eigenvalue weighted by Crippen LogP contribution is 2.41. The van der Waals surface area contributed by atoms with Crippen molar-refractivity contribution in [3.05, 3.63) is 30.0 Å². The van der Waals surface area contributed by atoms with Gasteiger partial charge in [-0.15, -0.1) is 0 Å². The van der Waals surface area contributed by atoms with Crippen molar-refractivity contribution in [3.63, 3.8) is 0 Å². The second kappa shape index (κ2) is 13.3. The Balaban J connectivity index is 2.43. The fourth-order valence-electron chi connectivity index (χ4n) is 3.21. The van der Waals surface area contributed by atoms with Crippen LogP contribution in [0.15, 0.2) is 24.4 Å². The Morgan fingerprint density at radius 3 is 2.68 bits per heavy atom. The first-order chi connectivity index (χ1) is 14.9. The van der Waals surface area contributed by atoms with Crippen molar-refractivity contribution < 1.29 is 18.8 Å². The van der Waals surface area contributed by atoms with Crippen LogP contribution in [0.2, 0.25) is 0 Å². The Kier molecular flexibility index (Phi) is 11.1. The van der Waals surface area contributed by atoms with Crippen molar-refractivity contribution in [2.75, 3.05) is 53.0 Å². The van der Waals surface area contributed by atoms with Gasteiger partial charge in [0.15, 0.2) is 0 Å². The van der Waals surface area contributed by atoms with E-state index in [2.05, 4.69) is 46.7 Å². The summed E-state index contributed by atoms with van der Waals surface area (Å²) >= 11 is 1.71. The lowest BCUT2D eigenvalue weighted by molar-refractivity contribution is -0.145. The van der Waals surface area contributed by atoms with Gasteiger partial charge in [0.05, 0.1) is 25.8 Å². The van der Waals surface area contributed by atoms with Crippen molar-refractivity contribution in [2.45, 2.75) is 32.7 Å². The highest BCUT2D eigenvalue weighted by Gasteiger charge is 2.26. The molecule has 1 heterocycles. The average molecular weight is 470 g/mol. The third-order valence-corrected chi connectivity index (χ3v) is 7.20. The molecule has 0 spiro atoms. The first-order valence-electron chi connectivity index (χ1n) is 10.6. The molecule has 0 saturated heterocycles. The smallest absolute Gasteiger partial charge is 0.323 e. The number of nitrogens with zero attached hydrogens (tertiary/aromatic N) is 2. The maximum absolute atomic E-state index is 12.6. The van der Waals surface area contributed by atoms with Crippen LogP contribution in [0, 0.1) is 0 Å². The van der Waals surface area contributed by atoms with Crippen molar-refractivity contribution in [3.8, 4) is 5.75 Å². The van der Waals surface area contributed by atoms with E-state index in [1.807, 2.05) is 26.2 Å². The van der Waals surface area contributed by atoms with Crippen LogP contribution in [0.3, 0.4) is 0 Å². The minimum Gasteiger partial charge on any atom is -0.497 e. The summed E-state index contributed by atoms with van der Waals surface area (Å²) in [6.45, 7) is 5.65. The summed E-state index contributed by atoms with van der Waals surface area (Å²) < 4.78 is 19.1. The molecule has 9 heteroatoms. The Labute approximate surface area is 191 Å². The number of thioether (sulfide) groups is 1. The number of nitrogens with one attached hydrogen (secondary N) is 1. The Morgan fingerprint density at radius 2 is 2.06 bits per heavy atom. The van der Waals surface area contributed by atoms with Gasteiger partial charge < -0.3 is 18.9 Å². The molecular formula is C22H36N3O4PS. The Hall–Kier alpha value is -1.31. The van der Waals surface area contributed by atoms with Crippen LogP contribution in [-0.4, -0.2) is 74.2 Å². The lowest BCUT2D eigenvalue weighted by Crippen LogP contribution is -2.37. The first kappa shape index (κ1) is 25.9. The molecule has 174 valence electrons. The number of fused-ring (bicyclic) bond motifs is 1. The Morgan fingerprint density at radius 1 is 1.29 bits per heavy atom. The van der Waals surface area contributed by atoms with Crippen LogP contribution in [0.5, 0.6) is 5.75 Å². The predicted octanol–water partition coefficient (Wildman–Crippen LogP) is 4.14. The molecule has 1 N–H and O–H groups in total. The number of carbonyl (C=O) groups excluding carboxylic acids is 1. The summed E-state index contributed by atoms with van der Waals surface area (Å²) in [6, 6.07) is 5.69. The molecule has 1 aromatic carbocycles. The zero-order valence-electron chi connectivity index (χ0n) is 19.5. The number of benzene rings is 1. The lowest BCUT2D eigenvalue weighted by atomic mass is 10.1. The van der Waals surface area contributed by atoms with Gasteiger partial charge in [0.1, 0.15) is 11.8 Å². The van der Waals surface area contributed by atoms with Crippen LogP contribution in [-0.2, 0) is 20.5 Å². The third-order valence-electron chi connectivity index (χ3n) is 4.80. The molecule has 2 aromatic rings. The van der Waals surface area contributed by atoms with Crippen LogP contribution < -0.4 is 9.82 Å². The van der Waals surface area contributed by atoms with Gasteiger partial charge in [-0.2, -0.15) is 11.8 Å². The number of rotatable bonds is 14. The van der Waals surface area contributed by atoms with Crippen molar-refractivity contribution >= 4 is 37.1 Å². The average Bonchev–Trinajstić information content (AvgIpc) is 3.12. The standard InChI is InChI=1S/C22H36N3O4PS/c1-7-28-22(26)20(12-14-31-6)23-30(29-8-2)25-16-17(11-13-24(3)4)19-15-18(27-5)9-10-21(19)25/h9-10,15-16,20,23H,7-8,11-14H2,1-6H3. The molecule has 1 aromatic heterocycles. The Bertz CT molecular complexity index is 830. The summed E-state index contributed by atoms with van der Waals surface area (Å²) in [4.78, 5) is 14.8. The quantitative estimate of drug-likeness (QED) is 0.330. The van der Waals surface area contributed by atoms with Gasteiger partial charge in [0.2, 0.25) is 8.45 Å². The van der Waals surface area contributed by atoms with Crippen molar-refractivity contribution in [1.82, 2.24) is 14.3 Å². The van der Waals surface area contributed by atoms with E-state index in [9.17, 15) is 4.79 Å². The summed E-state index contributed by atoms with van der Waals surface area (Å²) in [7, 11) is 4.56. The van der Waals surface area contributed by atoms with Crippen molar-refractivity contribution in [1.29, 1.82) is 0 Å². The molecule has 7 nitrogen and oxygen atoms in total. The minimum atomic E-state index is -1.27. The van der Waals surface area contributed by atoms with E-state index < -0.39 is 14.5 Å². The van der Waals surface area contributed by atoms with E-state index in [4.69, 9.17) is 14.0 Å². The number of aromatic nitrogens is 1. The predicted molar refractivity (Wildman–Crippen MR) is 131 cm³/mol. The normalized spacial score (nSPS) is 13.5. The van der Waals surface area contributed by atoms with Gasteiger partial charge in [-0.3, -0.25) is 9.13 Å². The van der Waals surface area contributed by atoms with Gasteiger partial charge in [0, 0.05) is 18.1 Å². The SMILES string of the molecule is CCOC(=O)C(CCSC)NP(OCC)n1cc(CCN(C)C)c2cc(OC)ccc21. The minimum absolute atomic E-state index is 0.227. The van der Waals surface area contributed by atoms with E-state index in [-0.39, 0.29) is 5.97 Å². The maximum Gasteiger partial charge on any atom is 0.323 e. The lowest BCUT2D eigenvalue weighted by Gasteiger charge is -2.25.